The lowest BCUT2D eigenvalue weighted by Crippen LogP contribution is -2.06. The third-order valence-corrected chi connectivity index (χ3v) is 9.91. The second-order valence-electron chi connectivity index (χ2n) is 8.52. The molecule has 0 unspecified atom stereocenters. The summed E-state index contributed by atoms with van der Waals surface area (Å²) in [7, 11) is -3.87. The largest absolute Gasteiger partial charge is 0.427 e. The number of carbonyl (C=O) groups excluding carboxylic acids is 2. The molecule has 0 heterocycles. The summed E-state index contributed by atoms with van der Waals surface area (Å²) in [5.74, 6) is -0.796. The number of rotatable bonds is 11. The molecule has 10 heteroatoms. The molecule has 0 aliphatic rings. The molecule has 0 saturated carbocycles. The quantitative estimate of drug-likeness (QED) is 0.0698. The number of hydrogen-bond acceptors (Lipinski definition) is 9. The van der Waals surface area contributed by atoms with E-state index in [4.69, 9.17) is 9.47 Å². The molecule has 0 aliphatic carbocycles. The summed E-state index contributed by atoms with van der Waals surface area (Å²) >= 11 is 4.74. The minimum atomic E-state index is -3.87. The third kappa shape index (κ3) is 9.15. The zero-order chi connectivity index (χ0) is 30.0. The SMILES string of the molecule is C/C=C/Sc1ccc(Sc2ccc(S/C=C/C(=O)Oc3ccc(S(=O)(=O)c4cccc(OC(C)=O)c4)cc3)cc2)cc1. The topological polar surface area (TPSA) is 86.7 Å². The highest BCUT2D eigenvalue weighted by Crippen LogP contribution is 2.32. The Hall–Kier alpha value is -3.70. The molecule has 6 nitrogen and oxygen atoms in total. The fourth-order valence-electron chi connectivity index (χ4n) is 3.47. The molecule has 4 rings (SSSR count). The maximum absolute atomic E-state index is 13.0. The molecule has 0 aliphatic heterocycles. The smallest absolute Gasteiger partial charge is 0.336 e. The van der Waals surface area contributed by atoms with E-state index in [1.54, 1.807) is 28.9 Å². The van der Waals surface area contributed by atoms with Crippen molar-refractivity contribution in [1.82, 2.24) is 0 Å². The Morgan fingerprint density at radius 1 is 0.667 bits per heavy atom. The van der Waals surface area contributed by atoms with Gasteiger partial charge in [-0.2, -0.15) is 0 Å². The van der Waals surface area contributed by atoms with Crippen LogP contribution in [0.2, 0.25) is 0 Å². The van der Waals surface area contributed by atoms with Crippen molar-refractivity contribution in [2.45, 2.75) is 43.2 Å². The van der Waals surface area contributed by atoms with Gasteiger partial charge in [-0.1, -0.05) is 47.4 Å². The number of carbonyl (C=O) groups is 2. The summed E-state index contributed by atoms with van der Waals surface area (Å²) in [6.45, 7) is 3.23. The fraction of sp³-hybridized carbons (Fsp3) is 0.0625. The zero-order valence-corrected chi connectivity index (χ0v) is 25.9. The van der Waals surface area contributed by atoms with Crippen LogP contribution in [0.1, 0.15) is 13.8 Å². The Morgan fingerprint density at radius 2 is 1.24 bits per heavy atom. The molecule has 0 saturated heterocycles. The number of hydrogen-bond donors (Lipinski definition) is 0. The number of ether oxygens (including phenoxy) is 2. The number of esters is 2. The summed E-state index contributed by atoms with van der Waals surface area (Å²) < 4.78 is 36.2. The van der Waals surface area contributed by atoms with Gasteiger partial charge in [0, 0.05) is 32.6 Å². The lowest BCUT2D eigenvalue weighted by atomic mass is 10.3. The van der Waals surface area contributed by atoms with Crippen LogP contribution in [0.15, 0.2) is 149 Å². The van der Waals surface area contributed by atoms with E-state index in [1.807, 2.05) is 37.3 Å². The monoisotopic (exact) mass is 634 g/mol. The predicted molar refractivity (Wildman–Crippen MR) is 168 cm³/mol. The Balaban J connectivity index is 1.28. The van der Waals surface area contributed by atoms with Crippen molar-refractivity contribution in [2.24, 2.45) is 0 Å². The van der Waals surface area contributed by atoms with Gasteiger partial charge in [-0.3, -0.25) is 4.79 Å². The van der Waals surface area contributed by atoms with Crippen LogP contribution >= 0.6 is 35.3 Å². The Bertz CT molecular complexity index is 1690. The number of allylic oxidation sites excluding steroid dienone is 1. The first-order valence-corrected chi connectivity index (χ1v) is 16.6. The van der Waals surface area contributed by atoms with Gasteiger partial charge in [0.05, 0.1) is 9.79 Å². The molecule has 0 atom stereocenters. The van der Waals surface area contributed by atoms with Gasteiger partial charge in [-0.15, -0.1) is 0 Å². The van der Waals surface area contributed by atoms with Gasteiger partial charge >= 0.3 is 11.9 Å². The van der Waals surface area contributed by atoms with Crippen molar-refractivity contribution >= 4 is 57.1 Å². The first-order chi connectivity index (χ1) is 20.2. The third-order valence-electron chi connectivity index (χ3n) is 5.36. The maximum atomic E-state index is 13.0. The second kappa shape index (κ2) is 15.0. The van der Waals surface area contributed by atoms with Gasteiger partial charge in [0.2, 0.25) is 9.84 Å². The molecule has 42 heavy (non-hydrogen) atoms. The van der Waals surface area contributed by atoms with E-state index in [1.165, 1.54) is 78.2 Å². The van der Waals surface area contributed by atoms with Crippen LogP contribution in [-0.2, 0) is 19.4 Å². The van der Waals surface area contributed by atoms with Crippen LogP contribution in [0.25, 0.3) is 0 Å². The van der Waals surface area contributed by atoms with Crippen LogP contribution in [0, 0.1) is 0 Å². The zero-order valence-electron chi connectivity index (χ0n) is 22.6. The summed E-state index contributed by atoms with van der Waals surface area (Å²) in [6, 6.07) is 27.7. The summed E-state index contributed by atoms with van der Waals surface area (Å²) in [6.07, 6.45) is 3.32. The molecule has 0 bridgehead atoms. The highest BCUT2D eigenvalue weighted by molar-refractivity contribution is 8.02. The molecule has 0 radical (unpaired) electrons. The van der Waals surface area contributed by atoms with E-state index in [-0.39, 0.29) is 21.3 Å². The van der Waals surface area contributed by atoms with Crippen molar-refractivity contribution in [3.8, 4) is 11.5 Å². The molecular weight excluding hydrogens is 609 g/mol. The van der Waals surface area contributed by atoms with Crippen LogP contribution < -0.4 is 9.47 Å². The first kappa shape index (κ1) is 31.2. The van der Waals surface area contributed by atoms with Crippen molar-refractivity contribution < 1.29 is 27.5 Å². The van der Waals surface area contributed by atoms with E-state index >= 15 is 0 Å². The molecule has 4 aromatic carbocycles. The van der Waals surface area contributed by atoms with Gasteiger partial charge in [-0.25, -0.2) is 13.2 Å². The number of benzene rings is 4. The van der Waals surface area contributed by atoms with Gasteiger partial charge in [0.25, 0.3) is 0 Å². The van der Waals surface area contributed by atoms with Crippen molar-refractivity contribution in [1.29, 1.82) is 0 Å². The Kier molecular flexibility index (Phi) is 11.1. The lowest BCUT2D eigenvalue weighted by molar-refractivity contribution is -0.132. The van der Waals surface area contributed by atoms with Crippen molar-refractivity contribution in [3.05, 3.63) is 120 Å². The van der Waals surface area contributed by atoms with Crippen LogP contribution in [0.5, 0.6) is 11.5 Å². The van der Waals surface area contributed by atoms with E-state index in [2.05, 4.69) is 29.7 Å². The van der Waals surface area contributed by atoms with Gasteiger partial charge in [0.1, 0.15) is 11.5 Å². The molecule has 214 valence electrons. The molecule has 0 N–H and O–H groups in total. The minimum absolute atomic E-state index is 0.00963. The maximum Gasteiger partial charge on any atom is 0.336 e. The summed E-state index contributed by atoms with van der Waals surface area (Å²) in [5, 5.41) is 3.69. The predicted octanol–water partition coefficient (Wildman–Crippen LogP) is 8.43. The lowest BCUT2D eigenvalue weighted by Gasteiger charge is -2.08. The molecule has 0 spiro atoms. The molecular formula is C32H26O6S4. The second-order valence-corrected chi connectivity index (χ2v) is 13.6. The average Bonchev–Trinajstić information content (AvgIpc) is 2.98. The highest BCUT2D eigenvalue weighted by Gasteiger charge is 2.19. The standard InChI is InChI=1S/C32H26O6S4/c1-3-20-39-26-9-13-28(14-10-26)41-29-15-11-27(12-16-29)40-21-19-32(34)38-24-7-17-30(18-8-24)42(35,36)31-6-4-5-25(22-31)37-23(2)33/h3-22H,1-2H3/b20-3+,21-19+. The van der Waals surface area contributed by atoms with E-state index in [9.17, 15) is 18.0 Å². The molecule has 0 aromatic heterocycles. The molecule has 0 fully saturated rings. The van der Waals surface area contributed by atoms with Crippen LogP contribution in [-0.4, -0.2) is 20.4 Å². The van der Waals surface area contributed by atoms with Crippen LogP contribution in [0.3, 0.4) is 0 Å². The summed E-state index contributed by atoms with van der Waals surface area (Å²) in [5.41, 5.74) is 0. The van der Waals surface area contributed by atoms with Crippen molar-refractivity contribution in [3.63, 3.8) is 0 Å². The molecule has 0 amide bonds. The van der Waals surface area contributed by atoms with Gasteiger partial charge in [0.15, 0.2) is 0 Å². The highest BCUT2D eigenvalue weighted by atomic mass is 32.2. The number of sulfone groups is 1. The fourth-order valence-corrected chi connectivity index (χ4v) is 6.80. The first-order valence-electron chi connectivity index (χ1n) is 12.6. The van der Waals surface area contributed by atoms with E-state index in [0.717, 1.165) is 14.7 Å². The van der Waals surface area contributed by atoms with E-state index in [0.29, 0.717) is 0 Å². The Morgan fingerprint density at radius 3 is 1.81 bits per heavy atom. The normalized spacial score (nSPS) is 11.6. The molecule has 4 aromatic rings. The van der Waals surface area contributed by atoms with Gasteiger partial charge in [-0.05, 0) is 109 Å². The number of thioether (sulfide) groups is 2. The Labute approximate surface area is 258 Å². The van der Waals surface area contributed by atoms with Gasteiger partial charge < -0.3 is 9.47 Å². The summed E-state index contributed by atoms with van der Waals surface area (Å²) in [4.78, 5) is 27.9. The van der Waals surface area contributed by atoms with Crippen molar-refractivity contribution in [2.75, 3.05) is 0 Å². The van der Waals surface area contributed by atoms with Crippen LogP contribution in [0.4, 0.5) is 0 Å². The van der Waals surface area contributed by atoms with E-state index < -0.39 is 21.8 Å². The average molecular weight is 635 g/mol. The minimum Gasteiger partial charge on any atom is -0.427 e.